The van der Waals surface area contributed by atoms with E-state index in [9.17, 15) is 4.57 Å². The van der Waals surface area contributed by atoms with E-state index in [0.717, 1.165) is 18.4 Å². The maximum absolute atomic E-state index is 11.0. The van der Waals surface area contributed by atoms with Crippen LogP contribution < -0.4 is 0 Å². The van der Waals surface area contributed by atoms with Crippen LogP contribution in [0.15, 0.2) is 30.3 Å². The summed E-state index contributed by atoms with van der Waals surface area (Å²) in [5.74, 6) is 0. The van der Waals surface area contributed by atoms with E-state index in [1.807, 2.05) is 30.3 Å². The molecule has 0 aliphatic rings. The normalized spacial score (nSPS) is 14.1. The molecule has 28 heavy (non-hydrogen) atoms. The molecule has 2 atom stereocenters. The third kappa shape index (κ3) is 13.4. The molecule has 0 radical (unpaired) electrons. The first kappa shape index (κ1) is 25.3. The zero-order chi connectivity index (χ0) is 20.7. The molecular formula is C21H37O6P. The van der Waals surface area contributed by atoms with Crippen molar-refractivity contribution < 1.29 is 28.7 Å². The second-order valence-electron chi connectivity index (χ2n) is 7.29. The highest BCUT2D eigenvalue weighted by Crippen LogP contribution is 2.39. The van der Waals surface area contributed by atoms with Crippen molar-refractivity contribution in [3.05, 3.63) is 35.9 Å². The number of unbranched alkanes of at least 4 members (excludes halogenated alkanes) is 8. The minimum atomic E-state index is -4.52. The second kappa shape index (κ2) is 15.1. The molecule has 0 aliphatic carbocycles. The van der Waals surface area contributed by atoms with Crippen molar-refractivity contribution in [2.45, 2.75) is 90.3 Å². The quantitative estimate of drug-likeness (QED) is 0.138. The lowest BCUT2D eigenvalue weighted by Crippen LogP contribution is -2.15. The van der Waals surface area contributed by atoms with E-state index >= 15 is 0 Å². The molecule has 2 unspecified atom stereocenters. The van der Waals surface area contributed by atoms with Gasteiger partial charge in [-0.2, -0.15) is 0 Å². The van der Waals surface area contributed by atoms with Gasteiger partial charge in [-0.25, -0.2) is 14.3 Å². The highest BCUT2D eigenvalue weighted by atomic mass is 31.2. The summed E-state index contributed by atoms with van der Waals surface area (Å²) in [7, 11) is -4.52. The Morgan fingerprint density at radius 1 is 0.929 bits per heavy atom. The standard InChI is InChI=1S/C21H37O6P/c1-3-4-5-6-7-8-9-10-14-17-25-26-21(20-15-12-11-13-16-20)18-19(2)27-28(22,23)24/h11-13,15-16,19,21H,3-10,14,17-18H2,1-2H3,(H2,22,23,24). The van der Waals surface area contributed by atoms with Crippen molar-refractivity contribution >= 4 is 7.82 Å². The molecular weight excluding hydrogens is 379 g/mol. The van der Waals surface area contributed by atoms with Gasteiger partial charge in [-0.3, -0.25) is 4.52 Å². The second-order valence-corrected chi connectivity index (χ2v) is 8.48. The summed E-state index contributed by atoms with van der Waals surface area (Å²) >= 11 is 0. The fraction of sp³-hybridized carbons (Fsp3) is 0.714. The molecule has 1 aromatic carbocycles. The van der Waals surface area contributed by atoms with Crippen LogP contribution in [-0.4, -0.2) is 22.5 Å². The molecule has 1 rings (SSSR count). The Morgan fingerprint density at radius 2 is 1.50 bits per heavy atom. The zero-order valence-corrected chi connectivity index (χ0v) is 18.2. The summed E-state index contributed by atoms with van der Waals surface area (Å²) < 4.78 is 15.7. The van der Waals surface area contributed by atoms with E-state index in [1.54, 1.807) is 6.92 Å². The van der Waals surface area contributed by atoms with Crippen molar-refractivity contribution in [1.82, 2.24) is 0 Å². The summed E-state index contributed by atoms with van der Waals surface area (Å²) in [6.45, 7) is 4.35. The van der Waals surface area contributed by atoms with Gasteiger partial charge in [0.25, 0.3) is 0 Å². The Labute approximate surface area is 169 Å². The van der Waals surface area contributed by atoms with Gasteiger partial charge in [0.2, 0.25) is 0 Å². The monoisotopic (exact) mass is 416 g/mol. The van der Waals surface area contributed by atoms with Crippen LogP contribution in [0.4, 0.5) is 0 Å². The van der Waals surface area contributed by atoms with Crippen LogP contribution in [0.1, 0.15) is 89.7 Å². The summed E-state index contributed by atoms with van der Waals surface area (Å²) in [6, 6.07) is 9.48. The van der Waals surface area contributed by atoms with Crippen LogP contribution in [0.2, 0.25) is 0 Å². The average Bonchev–Trinajstić information content (AvgIpc) is 2.64. The molecule has 0 saturated carbocycles. The molecule has 6 nitrogen and oxygen atoms in total. The van der Waals surface area contributed by atoms with Crippen molar-refractivity contribution in [3.63, 3.8) is 0 Å². The molecule has 0 aromatic heterocycles. The van der Waals surface area contributed by atoms with Gasteiger partial charge in [-0.1, -0.05) is 88.6 Å². The van der Waals surface area contributed by atoms with Crippen LogP contribution >= 0.6 is 7.82 Å². The van der Waals surface area contributed by atoms with E-state index in [2.05, 4.69) is 6.92 Å². The van der Waals surface area contributed by atoms with Gasteiger partial charge in [-0.05, 0) is 18.9 Å². The van der Waals surface area contributed by atoms with Gasteiger partial charge < -0.3 is 9.79 Å². The average molecular weight is 416 g/mol. The summed E-state index contributed by atoms with van der Waals surface area (Å²) in [6.07, 6.45) is 10.3. The summed E-state index contributed by atoms with van der Waals surface area (Å²) in [5.41, 5.74) is 0.885. The summed E-state index contributed by atoms with van der Waals surface area (Å²) in [5, 5.41) is 0. The fourth-order valence-electron chi connectivity index (χ4n) is 3.08. The Balaban J connectivity index is 2.26. The first-order chi connectivity index (χ1) is 13.4. The lowest BCUT2D eigenvalue weighted by atomic mass is 10.0. The van der Waals surface area contributed by atoms with Gasteiger partial charge in [0.05, 0.1) is 12.7 Å². The molecule has 7 heteroatoms. The summed E-state index contributed by atoms with van der Waals surface area (Å²) in [4.78, 5) is 28.9. The molecule has 2 N–H and O–H groups in total. The molecule has 0 fully saturated rings. The van der Waals surface area contributed by atoms with Crippen molar-refractivity contribution in [1.29, 1.82) is 0 Å². The number of benzene rings is 1. The number of hydrogen-bond acceptors (Lipinski definition) is 4. The number of phosphoric acid groups is 1. The minimum Gasteiger partial charge on any atom is -0.303 e. The molecule has 0 amide bonds. The SMILES string of the molecule is CCCCCCCCCCCOOC(CC(C)OP(=O)(O)O)c1ccccc1. The highest BCUT2D eigenvalue weighted by Gasteiger charge is 2.24. The fourth-order valence-corrected chi connectivity index (χ4v) is 3.63. The van der Waals surface area contributed by atoms with Crippen molar-refractivity contribution in [2.24, 2.45) is 0 Å². The Kier molecular flexibility index (Phi) is 13.7. The zero-order valence-electron chi connectivity index (χ0n) is 17.3. The first-order valence-electron chi connectivity index (χ1n) is 10.5. The van der Waals surface area contributed by atoms with Gasteiger partial charge in [0, 0.05) is 6.42 Å². The van der Waals surface area contributed by atoms with E-state index in [1.165, 1.54) is 44.9 Å². The van der Waals surface area contributed by atoms with E-state index in [-0.39, 0.29) is 6.42 Å². The third-order valence-electron chi connectivity index (χ3n) is 4.55. The van der Waals surface area contributed by atoms with E-state index in [4.69, 9.17) is 24.1 Å². The third-order valence-corrected chi connectivity index (χ3v) is 5.18. The van der Waals surface area contributed by atoms with Gasteiger partial charge in [0.15, 0.2) is 0 Å². The van der Waals surface area contributed by atoms with E-state index < -0.39 is 20.0 Å². The van der Waals surface area contributed by atoms with Gasteiger partial charge in [0.1, 0.15) is 6.10 Å². The molecule has 162 valence electrons. The molecule has 0 spiro atoms. The van der Waals surface area contributed by atoms with Gasteiger partial charge in [-0.15, -0.1) is 0 Å². The lowest BCUT2D eigenvalue weighted by Gasteiger charge is -2.21. The number of hydrogen-bond donors (Lipinski definition) is 2. The highest BCUT2D eigenvalue weighted by molar-refractivity contribution is 7.46. The maximum atomic E-state index is 11.0. The Bertz CT molecular complexity index is 533. The molecule has 0 saturated heterocycles. The molecule has 0 aliphatic heterocycles. The van der Waals surface area contributed by atoms with Crippen LogP contribution in [-0.2, 0) is 18.9 Å². The number of rotatable bonds is 17. The predicted molar refractivity (Wildman–Crippen MR) is 111 cm³/mol. The van der Waals surface area contributed by atoms with Crippen LogP contribution in [0.25, 0.3) is 0 Å². The number of phosphoric ester groups is 1. The Hall–Kier alpha value is -0.750. The smallest absolute Gasteiger partial charge is 0.303 e. The Morgan fingerprint density at radius 3 is 2.07 bits per heavy atom. The first-order valence-corrected chi connectivity index (χ1v) is 12.0. The van der Waals surface area contributed by atoms with E-state index in [0.29, 0.717) is 6.61 Å². The largest absolute Gasteiger partial charge is 0.469 e. The van der Waals surface area contributed by atoms with Crippen LogP contribution in [0, 0.1) is 0 Å². The van der Waals surface area contributed by atoms with Crippen LogP contribution in [0.5, 0.6) is 0 Å². The molecule has 0 heterocycles. The predicted octanol–water partition coefficient (Wildman–Crippen LogP) is 6.09. The molecule has 0 bridgehead atoms. The topological polar surface area (TPSA) is 85.2 Å². The van der Waals surface area contributed by atoms with Crippen molar-refractivity contribution in [2.75, 3.05) is 6.61 Å². The van der Waals surface area contributed by atoms with Gasteiger partial charge >= 0.3 is 7.82 Å². The molecule has 1 aromatic rings. The van der Waals surface area contributed by atoms with Crippen molar-refractivity contribution in [3.8, 4) is 0 Å². The minimum absolute atomic E-state index is 0.285. The lowest BCUT2D eigenvalue weighted by molar-refractivity contribution is -0.331. The maximum Gasteiger partial charge on any atom is 0.469 e. The van der Waals surface area contributed by atoms with Crippen LogP contribution in [0.3, 0.4) is 0 Å².